The van der Waals surface area contributed by atoms with Gasteiger partial charge in [-0.3, -0.25) is 39.1 Å². The lowest BCUT2D eigenvalue weighted by molar-refractivity contribution is -0.110. The summed E-state index contributed by atoms with van der Waals surface area (Å²) in [7, 11) is -1.07. The Labute approximate surface area is 427 Å². The van der Waals surface area contributed by atoms with E-state index in [1.54, 1.807) is 54.0 Å². The summed E-state index contributed by atoms with van der Waals surface area (Å²) in [6.07, 6.45) is 5.47. The summed E-state index contributed by atoms with van der Waals surface area (Å²) in [6.45, 7) is 12.6. The summed E-state index contributed by atoms with van der Waals surface area (Å²) in [4.78, 5) is 80.0. The van der Waals surface area contributed by atoms with Gasteiger partial charge in [0.05, 0.1) is 35.9 Å². The number of piperazine rings is 1. The molecule has 0 saturated carbocycles. The van der Waals surface area contributed by atoms with Crippen molar-refractivity contribution in [2.45, 2.75) is 65.7 Å². The van der Waals surface area contributed by atoms with Gasteiger partial charge in [-0.05, 0) is 88.2 Å². The third kappa shape index (κ3) is 14.2. The SMILES string of the molecule is CCN=C(/C=C(/C)N)C(=O)Nc1nc2cc(C(N)=O)cc(OCCCN3CCN(C(=O)OCC(C)SS(C)(=O)=O)CC3)c2n1C/C=C/CN1c2c(cc(C(N)=O)cc2OC)NC1NC(=O)c1cc(C)nn1CC. The number of aryl methyl sites for hydroxylation is 2. The van der Waals surface area contributed by atoms with E-state index in [4.69, 9.17) is 36.4 Å². The standard InChI is InChI=1S/C47H64N14O10S2/c1-8-51-35(21-28(3)48)43(64)54-45-53-34-24-32(42(50)63)26-38(70-20-12-13-57-16-18-58(19-17-57)47(66)71-27-30(5)72-73(7,67)68)40(34)60(45)15-11-10-14-59-39-33(23-31(41(49)62)25-37(39)69-6)52-46(59)55-44(65)36-22-29(4)56-61(36)9-2/h10-11,21-26,30,46,52H,8-9,12-20,27,48H2,1-7H3,(H2,49,62)(H2,50,63)(H,55,65)(H,53,54,64)/b11-10+,28-21-,51-35?. The highest BCUT2D eigenvalue weighted by molar-refractivity contribution is 8.72. The van der Waals surface area contributed by atoms with Crippen LogP contribution in [-0.4, -0.2) is 157 Å². The number of carbonyl (C=O) groups is 5. The maximum atomic E-state index is 13.8. The topological polar surface area (TPSA) is 319 Å². The molecule has 4 aromatic rings. The van der Waals surface area contributed by atoms with E-state index in [0.29, 0.717) is 97.5 Å². The molecule has 26 heteroatoms. The van der Waals surface area contributed by atoms with E-state index >= 15 is 0 Å². The minimum Gasteiger partial charge on any atom is -0.494 e. The van der Waals surface area contributed by atoms with Crippen LogP contribution in [0.1, 0.15) is 71.0 Å². The molecule has 5 amide bonds. The fourth-order valence-electron chi connectivity index (χ4n) is 8.23. The highest BCUT2D eigenvalue weighted by Crippen LogP contribution is 2.43. The molecule has 2 unspecified atom stereocenters. The van der Waals surface area contributed by atoms with Gasteiger partial charge in [0.2, 0.25) is 17.8 Å². The van der Waals surface area contributed by atoms with Crippen LogP contribution in [0.4, 0.5) is 22.1 Å². The van der Waals surface area contributed by atoms with Crippen LogP contribution in [0, 0.1) is 6.92 Å². The second kappa shape index (κ2) is 24.4. The second-order valence-corrected chi connectivity index (χ2v) is 22.0. The largest absolute Gasteiger partial charge is 0.494 e. The summed E-state index contributed by atoms with van der Waals surface area (Å²) in [5.74, 6) is -1.66. The number of methoxy groups -OCH3 is 1. The number of primary amides is 2. The van der Waals surface area contributed by atoms with Crippen molar-refractivity contribution >= 4 is 83.5 Å². The number of carbonyl (C=O) groups excluding carboxylic acids is 5. The van der Waals surface area contributed by atoms with Crippen LogP contribution in [0.15, 0.2) is 59.2 Å². The Morgan fingerprint density at radius 3 is 2.32 bits per heavy atom. The number of benzene rings is 2. The first-order valence-electron chi connectivity index (χ1n) is 23.5. The molecule has 394 valence electrons. The molecule has 1 saturated heterocycles. The lowest BCUT2D eigenvalue weighted by Crippen LogP contribution is -2.50. The molecule has 2 aromatic carbocycles. The van der Waals surface area contributed by atoms with Crippen molar-refractivity contribution < 1.29 is 46.6 Å². The van der Waals surface area contributed by atoms with Crippen LogP contribution in [0.5, 0.6) is 11.5 Å². The number of hydrogen-bond acceptors (Lipinski definition) is 18. The highest BCUT2D eigenvalue weighted by Gasteiger charge is 2.34. The number of aliphatic imine (C=N–C) groups is 1. The molecule has 4 heterocycles. The van der Waals surface area contributed by atoms with E-state index < -0.39 is 50.1 Å². The number of amides is 5. The van der Waals surface area contributed by atoms with Crippen molar-refractivity contribution in [1.29, 1.82) is 0 Å². The van der Waals surface area contributed by atoms with E-state index in [1.165, 1.54) is 31.4 Å². The number of ether oxygens (including phenoxy) is 3. The molecule has 6 rings (SSSR count). The Balaban J connectivity index is 1.25. The van der Waals surface area contributed by atoms with Crippen molar-refractivity contribution in [2.75, 3.05) is 87.9 Å². The lowest BCUT2D eigenvalue weighted by Gasteiger charge is -2.34. The van der Waals surface area contributed by atoms with Gasteiger partial charge in [0.15, 0.2) is 15.2 Å². The third-order valence-corrected chi connectivity index (χ3v) is 14.3. The van der Waals surface area contributed by atoms with Crippen LogP contribution in [0.3, 0.4) is 0 Å². The van der Waals surface area contributed by atoms with Crippen molar-refractivity contribution in [3.63, 3.8) is 0 Å². The number of hydrogen-bond donors (Lipinski definition) is 6. The maximum absolute atomic E-state index is 13.8. The molecule has 73 heavy (non-hydrogen) atoms. The van der Waals surface area contributed by atoms with E-state index in [-0.39, 0.29) is 54.8 Å². The molecule has 1 fully saturated rings. The predicted octanol–water partition coefficient (Wildman–Crippen LogP) is 2.84. The fourth-order valence-corrected chi connectivity index (χ4v) is 10.9. The molecule has 2 aliphatic heterocycles. The number of rotatable bonds is 23. The number of fused-ring (bicyclic) bond motifs is 2. The number of anilines is 3. The second-order valence-electron chi connectivity index (χ2n) is 17.2. The monoisotopic (exact) mass is 1050 g/mol. The average Bonchev–Trinajstić information content (AvgIpc) is 4.01. The van der Waals surface area contributed by atoms with Crippen molar-refractivity contribution in [3.8, 4) is 11.5 Å². The molecule has 0 radical (unpaired) electrons. The Morgan fingerprint density at radius 2 is 1.67 bits per heavy atom. The first-order chi connectivity index (χ1) is 34.7. The first-order valence-corrected chi connectivity index (χ1v) is 26.8. The molecule has 2 atom stereocenters. The van der Waals surface area contributed by atoms with Crippen LogP contribution < -0.4 is 47.5 Å². The van der Waals surface area contributed by atoms with Gasteiger partial charge in [-0.2, -0.15) is 5.10 Å². The lowest BCUT2D eigenvalue weighted by atomic mass is 10.1. The minimum absolute atomic E-state index is 0.0294. The van der Waals surface area contributed by atoms with E-state index in [1.807, 2.05) is 24.0 Å². The van der Waals surface area contributed by atoms with Crippen LogP contribution in [0.25, 0.3) is 11.0 Å². The number of aromatic nitrogens is 4. The zero-order valence-corrected chi connectivity index (χ0v) is 43.6. The number of nitrogens with zero attached hydrogens (tertiary/aromatic N) is 8. The quantitative estimate of drug-likeness (QED) is 0.0269. The van der Waals surface area contributed by atoms with Crippen molar-refractivity contribution in [1.82, 2.24) is 34.4 Å². The number of allylic oxidation sites excluding steroid dienone is 2. The average molecular weight is 1050 g/mol. The van der Waals surface area contributed by atoms with Gasteiger partial charge in [-0.15, -0.1) is 0 Å². The molecule has 0 bridgehead atoms. The van der Waals surface area contributed by atoms with Gasteiger partial charge in [0.1, 0.15) is 40.7 Å². The zero-order valence-electron chi connectivity index (χ0n) is 42.0. The Hall–Kier alpha value is -7.32. The van der Waals surface area contributed by atoms with Gasteiger partial charge in [0, 0.05) is 82.0 Å². The summed E-state index contributed by atoms with van der Waals surface area (Å²) in [5, 5.41) is 13.2. The van der Waals surface area contributed by atoms with Gasteiger partial charge in [0.25, 0.3) is 11.8 Å². The number of imidazole rings is 1. The van der Waals surface area contributed by atoms with Crippen molar-refractivity contribution in [3.05, 3.63) is 76.8 Å². The van der Waals surface area contributed by atoms with E-state index in [9.17, 15) is 32.4 Å². The molecule has 0 spiro atoms. The Morgan fingerprint density at radius 1 is 0.986 bits per heavy atom. The number of nitrogens with one attached hydrogen (secondary N) is 3. The maximum Gasteiger partial charge on any atom is 0.409 e. The predicted molar refractivity (Wildman–Crippen MR) is 280 cm³/mol. The Bertz CT molecular complexity index is 2920. The molecule has 0 aliphatic carbocycles. The van der Waals surface area contributed by atoms with Crippen molar-refractivity contribution in [2.24, 2.45) is 22.2 Å². The Kier molecular flexibility index (Phi) is 18.4. The summed E-state index contributed by atoms with van der Waals surface area (Å²) < 4.78 is 44.0. The minimum atomic E-state index is -3.28. The molecule has 2 aromatic heterocycles. The van der Waals surface area contributed by atoms with E-state index in [2.05, 4.69) is 30.9 Å². The van der Waals surface area contributed by atoms with Crippen LogP contribution >= 0.6 is 10.8 Å². The van der Waals surface area contributed by atoms with Crippen LogP contribution in [-0.2, 0) is 31.5 Å². The zero-order chi connectivity index (χ0) is 53.1. The van der Waals surface area contributed by atoms with Gasteiger partial charge >= 0.3 is 6.09 Å². The molecular formula is C47H64N14O10S2. The third-order valence-electron chi connectivity index (χ3n) is 11.5. The van der Waals surface area contributed by atoms with E-state index in [0.717, 1.165) is 17.0 Å². The van der Waals surface area contributed by atoms with Gasteiger partial charge in [-0.1, -0.05) is 12.2 Å². The normalized spacial score (nSPS) is 15.8. The smallest absolute Gasteiger partial charge is 0.409 e. The fraction of sp³-hybridized carbons (Fsp3) is 0.447. The first kappa shape index (κ1) is 55.0. The summed E-state index contributed by atoms with van der Waals surface area (Å²) in [5.41, 5.74) is 21.0. The van der Waals surface area contributed by atoms with Gasteiger partial charge in [-0.25, -0.2) is 18.2 Å². The molecule has 24 nitrogen and oxygen atoms in total. The highest BCUT2D eigenvalue weighted by atomic mass is 33.1. The summed E-state index contributed by atoms with van der Waals surface area (Å²) in [6, 6.07) is 7.85. The van der Waals surface area contributed by atoms with Gasteiger partial charge < -0.3 is 56.4 Å². The summed E-state index contributed by atoms with van der Waals surface area (Å²) >= 11 is 0. The molecule has 2 aliphatic rings. The molecular weight excluding hydrogens is 985 g/mol. The van der Waals surface area contributed by atoms with Crippen LogP contribution in [0.2, 0.25) is 0 Å². The number of nitrogens with two attached hydrogens (primary N) is 3. The molecule has 9 N–H and O–H groups in total.